The summed E-state index contributed by atoms with van der Waals surface area (Å²) in [4.78, 5) is 0. The Bertz CT molecular complexity index is 258. The average Bonchev–Trinajstić information content (AvgIpc) is 2.55. The fourth-order valence-corrected chi connectivity index (χ4v) is 3.54. The Kier molecular flexibility index (Phi) is 12.5. The molecule has 1 N–H and O–H groups in total. The Morgan fingerprint density at radius 1 is 0.864 bits per heavy atom. The summed E-state index contributed by atoms with van der Waals surface area (Å²) in [6, 6.07) is 0. The van der Waals surface area contributed by atoms with E-state index in [0.717, 1.165) is 31.7 Å². The maximum atomic E-state index is 11.9. The number of nitrogens with one attached hydrogen (secondary N) is 1. The van der Waals surface area contributed by atoms with Crippen LogP contribution in [0.15, 0.2) is 12.3 Å². The first-order chi connectivity index (χ1) is 10.8. The molecule has 1 saturated carbocycles. The van der Waals surface area contributed by atoms with Crippen LogP contribution in [0, 0.1) is 5.92 Å². The summed E-state index contributed by atoms with van der Waals surface area (Å²) in [7, 11) is 0. The molecule has 1 aliphatic carbocycles. The minimum Gasteiger partial charge on any atom is -0.389 e. The molecule has 1 fully saturated rings. The highest BCUT2D eigenvalue weighted by Crippen LogP contribution is 2.27. The van der Waals surface area contributed by atoms with Gasteiger partial charge in [-0.15, -0.1) is 0 Å². The number of alkyl halides is 1. The quantitative estimate of drug-likeness (QED) is 0.359. The van der Waals surface area contributed by atoms with E-state index in [2.05, 4.69) is 11.9 Å². The van der Waals surface area contributed by atoms with E-state index in [9.17, 15) is 4.39 Å². The first kappa shape index (κ1) is 19.5. The van der Waals surface area contributed by atoms with Crippen LogP contribution in [-0.4, -0.2) is 13.2 Å². The van der Waals surface area contributed by atoms with Crippen molar-refractivity contribution in [3.63, 3.8) is 0 Å². The molecule has 0 aromatic rings. The largest absolute Gasteiger partial charge is 0.389 e. The molecule has 130 valence electrons. The van der Waals surface area contributed by atoms with Crippen LogP contribution in [0.5, 0.6) is 0 Å². The zero-order valence-corrected chi connectivity index (χ0v) is 14.7. The Balaban J connectivity index is 1.81. The number of hydrogen-bond donors (Lipinski definition) is 1. The molecule has 1 nitrogen and oxygen atoms in total. The van der Waals surface area contributed by atoms with Crippen LogP contribution < -0.4 is 5.32 Å². The summed E-state index contributed by atoms with van der Waals surface area (Å²) in [6.07, 6.45) is 19.2. The van der Waals surface area contributed by atoms with Crippen molar-refractivity contribution in [3.8, 4) is 0 Å². The third kappa shape index (κ3) is 11.1. The highest BCUT2D eigenvalue weighted by molar-refractivity contribution is 4.90. The van der Waals surface area contributed by atoms with Gasteiger partial charge in [-0.25, -0.2) is 0 Å². The summed E-state index contributed by atoms with van der Waals surface area (Å²) < 4.78 is 11.9. The molecule has 0 heterocycles. The smallest absolute Gasteiger partial charge is 0.0894 e. The predicted molar refractivity (Wildman–Crippen MR) is 95.9 cm³/mol. The van der Waals surface area contributed by atoms with Gasteiger partial charge in [-0.2, -0.15) is 0 Å². The molecule has 2 heteroatoms. The predicted octanol–water partition coefficient (Wildman–Crippen LogP) is 6.54. The van der Waals surface area contributed by atoms with Crippen molar-refractivity contribution < 1.29 is 4.39 Å². The van der Waals surface area contributed by atoms with Crippen LogP contribution in [0.1, 0.15) is 96.3 Å². The van der Waals surface area contributed by atoms with Gasteiger partial charge in [0.2, 0.25) is 0 Å². The molecule has 0 aromatic carbocycles. The van der Waals surface area contributed by atoms with E-state index in [1.54, 1.807) is 0 Å². The molecule has 0 amide bonds. The lowest BCUT2D eigenvalue weighted by atomic mass is 9.86. The summed E-state index contributed by atoms with van der Waals surface area (Å²) in [5.74, 6) is 1.00. The lowest BCUT2D eigenvalue weighted by molar-refractivity contribution is 0.331. The molecular formula is C20H38FN. The van der Waals surface area contributed by atoms with Crippen molar-refractivity contribution in [1.82, 2.24) is 5.32 Å². The van der Waals surface area contributed by atoms with E-state index in [1.165, 1.54) is 82.7 Å². The third-order valence-electron chi connectivity index (χ3n) is 5.00. The summed E-state index contributed by atoms with van der Waals surface area (Å²) in [6.45, 7) is 5.11. The minimum atomic E-state index is -0.147. The van der Waals surface area contributed by atoms with E-state index in [1.807, 2.05) is 0 Å². The minimum absolute atomic E-state index is 0.147. The molecule has 0 atom stereocenters. The normalized spacial score (nSPS) is 15.9. The molecule has 1 aliphatic rings. The fourth-order valence-electron chi connectivity index (χ4n) is 3.54. The Labute approximate surface area is 138 Å². The number of hydrogen-bond acceptors (Lipinski definition) is 1. The van der Waals surface area contributed by atoms with Gasteiger partial charge in [0.1, 0.15) is 0 Å². The number of rotatable bonds is 14. The van der Waals surface area contributed by atoms with Gasteiger partial charge >= 0.3 is 0 Å². The summed E-state index contributed by atoms with van der Waals surface area (Å²) >= 11 is 0. The highest BCUT2D eigenvalue weighted by atomic mass is 19.1. The van der Waals surface area contributed by atoms with Crippen LogP contribution in [0.4, 0.5) is 4.39 Å². The first-order valence-electron chi connectivity index (χ1n) is 9.80. The van der Waals surface area contributed by atoms with Crippen molar-refractivity contribution in [1.29, 1.82) is 0 Å². The molecule has 0 aliphatic heterocycles. The lowest BCUT2D eigenvalue weighted by Crippen LogP contribution is -2.16. The maximum Gasteiger partial charge on any atom is 0.0894 e. The van der Waals surface area contributed by atoms with Crippen LogP contribution in [0.3, 0.4) is 0 Å². The van der Waals surface area contributed by atoms with Crippen LogP contribution in [-0.2, 0) is 0 Å². The molecule has 0 bridgehead atoms. The Morgan fingerprint density at radius 2 is 1.50 bits per heavy atom. The van der Waals surface area contributed by atoms with Crippen molar-refractivity contribution in [2.75, 3.05) is 13.2 Å². The lowest BCUT2D eigenvalue weighted by Gasteiger charge is -2.21. The fraction of sp³-hybridized carbons (Fsp3) is 0.900. The molecule has 22 heavy (non-hydrogen) atoms. The highest BCUT2D eigenvalue weighted by Gasteiger charge is 2.12. The van der Waals surface area contributed by atoms with E-state index in [0.29, 0.717) is 0 Å². The maximum absolute atomic E-state index is 11.9. The van der Waals surface area contributed by atoms with Gasteiger partial charge in [0, 0.05) is 12.2 Å². The second-order valence-corrected chi connectivity index (χ2v) is 7.09. The van der Waals surface area contributed by atoms with E-state index in [-0.39, 0.29) is 6.67 Å². The standard InChI is InChI=1S/C20H38FN/c1-19(13-8-5-3-2-4-6-11-17-21)22-18-12-16-20-14-9-7-10-15-20/h20,22H,1-18H2. The topological polar surface area (TPSA) is 12.0 Å². The monoisotopic (exact) mass is 311 g/mol. The van der Waals surface area contributed by atoms with Crippen molar-refractivity contribution in [2.45, 2.75) is 96.3 Å². The van der Waals surface area contributed by atoms with E-state index in [4.69, 9.17) is 0 Å². The Hall–Kier alpha value is -0.530. The van der Waals surface area contributed by atoms with Gasteiger partial charge in [0.05, 0.1) is 6.67 Å². The zero-order chi connectivity index (χ0) is 15.9. The van der Waals surface area contributed by atoms with Crippen molar-refractivity contribution in [2.24, 2.45) is 5.92 Å². The van der Waals surface area contributed by atoms with Gasteiger partial charge in [0.15, 0.2) is 0 Å². The van der Waals surface area contributed by atoms with Gasteiger partial charge in [-0.1, -0.05) is 70.8 Å². The zero-order valence-electron chi connectivity index (χ0n) is 14.7. The first-order valence-corrected chi connectivity index (χ1v) is 9.80. The van der Waals surface area contributed by atoms with Crippen molar-refractivity contribution >= 4 is 0 Å². The number of unbranched alkanes of at least 4 members (excludes halogenated alkanes) is 6. The molecule has 0 unspecified atom stereocenters. The summed E-state index contributed by atoms with van der Waals surface area (Å²) in [5.41, 5.74) is 1.22. The molecule has 0 radical (unpaired) electrons. The molecule has 0 saturated heterocycles. The second kappa shape index (κ2) is 14.1. The third-order valence-corrected chi connectivity index (χ3v) is 5.00. The summed E-state index contributed by atoms with van der Waals surface area (Å²) in [5, 5.41) is 3.50. The number of allylic oxidation sites excluding steroid dienone is 1. The molecular weight excluding hydrogens is 273 g/mol. The second-order valence-electron chi connectivity index (χ2n) is 7.09. The van der Waals surface area contributed by atoms with E-state index >= 15 is 0 Å². The number of halogens is 1. The average molecular weight is 312 g/mol. The van der Waals surface area contributed by atoms with Crippen LogP contribution in [0.25, 0.3) is 0 Å². The Morgan fingerprint density at radius 3 is 2.18 bits per heavy atom. The van der Waals surface area contributed by atoms with E-state index < -0.39 is 0 Å². The SMILES string of the molecule is C=C(CCCCCCCCCF)NCCCC1CCCCC1. The van der Waals surface area contributed by atoms with Crippen molar-refractivity contribution in [3.05, 3.63) is 12.3 Å². The van der Waals surface area contributed by atoms with Gasteiger partial charge in [-0.05, 0) is 38.0 Å². The molecule has 0 aromatic heterocycles. The molecule has 1 rings (SSSR count). The van der Waals surface area contributed by atoms with Crippen LogP contribution >= 0.6 is 0 Å². The molecule has 0 spiro atoms. The van der Waals surface area contributed by atoms with Gasteiger partial charge in [-0.3, -0.25) is 4.39 Å². The van der Waals surface area contributed by atoms with Gasteiger partial charge in [0.25, 0.3) is 0 Å². The van der Waals surface area contributed by atoms with Crippen LogP contribution in [0.2, 0.25) is 0 Å². The van der Waals surface area contributed by atoms with Gasteiger partial charge < -0.3 is 5.32 Å².